The van der Waals surface area contributed by atoms with Crippen molar-refractivity contribution in [2.24, 2.45) is 0 Å². The van der Waals surface area contributed by atoms with Crippen LogP contribution >= 0.6 is 0 Å². The van der Waals surface area contributed by atoms with Gasteiger partial charge in [-0.2, -0.15) is 0 Å². The third-order valence-corrected chi connectivity index (χ3v) is 4.24. The fourth-order valence-corrected chi connectivity index (χ4v) is 3.18. The summed E-state index contributed by atoms with van der Waals surface area (Å²) in [4.78, 5) is 14.2. The van der Waals surface area contributed by atoms with Gasteiger partial charge in [-0.15, -0.1) is 0 Å². The van der Waals surface area contributed by atoms with E-state index >= 15 is 0 Å². The summed E-state index contributed by atoms with van der Waals surface area (Å²) in [6.45, 7) is 2.15. The van der Waals surface area contributed by atoms with E-state index in [4.69, 9.17) is 4.74 Å². The first-order valence-corrected chi connectivity index (χ1v) is 7.52. The molecule has 3 rings (SSSR count). The highest BCUT2D eigenvalue weighted by Gasteiger charge is 2.40. The van der Waals surface area contributed by atoms with Gasteiger partial charge in [0.25, 0.3) is 0 Å². The van der Waals surface area contributed by atoms with Crippen LogP contribution in [0.25, 0.3) is 0 Å². The quantitative estimate of drug-likeness (QED) is 0.855. The van der Waals surface area contributed by atoms with Crippen LogP contribution in [0.15, 0.2) is 30.3 Å². The summed E-state index contributed by atoms with van der Waals surface area (Å²) in [7, 11) is 0. The van der Waals surface area contributed by atoms with Crippen molar-refractivity contribution in [1.82, 2.24) is 10.2 Å². The molecule has 2 aliphatic rings. The smallest absolute Gasteiger partial charge is 0.318 e. The zero-order valence-corrected chi connectivity index (χ0v) is 11.8. The molecule has 108 valence electrons. The number of hydrogen-bond acceptors (Lipinski definition) is 2. The van der Waals surface area contributed by atoms with Gasteiger partial charge in [0.05, 0.1) is 25.3 Å². The largest absolute Gasteiger partial charge is 0.377 e. The summed E-state index contributed by atoms with van der Waals surface area (Å²) < 4.78 is 5.50. The van der Waals surface area contributed by atoms with Crippen LogP contribution in [0.3, 0.4) is 0 Å². The van der Waals surface area contributed by atoms with Crippen LogP contribution < -0.4 is 5.32 Å². The van der Waals surface area contributed by atoms with Crippen molar-refractivity contribution in [3.05, 3.63) is 35.9 Å². The van der Waals surface area contributed by atoms with Gasteiger partial charge in [-0.1, -0.05) is 30.3 Å². The summed E-state index contributed by atoms with van der Waals surface area (Å²) in [5.74, 6) is 0. The molecule has 0 spiro atoms. The Balaban J connectivity index is 1.41. The Morgan fingerprint density at radius 3 is 2.60 bits per heavy atom. The van der Waals surface area contributed by atoms with Gasteiger partial charge in [0.1, 0.15) is 0 Å². The Morgan fingerprint density at radius 1 is 1.20 bits per heavy atom. The standard InChI is InChI=1S/C16H22N2O2/c19-16(18-14-8-9-15(18)12-20-11-14)17-10-4-7-13-5-2-1-3-6-13/h1-3,5-6,14-15H,4,7-12H2,(H,17,19). The zero-order chi connectivity index (χ0) is 13.8. The van der Waals surface area contributed by atoms with Crippen molar-refractivity contribution in [3.63, 3.8) is 0 Å². The summed E-state index contributed by atoms with van der Waals surface area (Å²) >= 11 is 0. The molecule has 0 aromatic heterocycles. The average Bonchev–Trinajstić information content (AvgIpc) is 2.74. The predicted octanol–water partition coefficient (Wildman–Crippen LogP) is 2.19. The highest BCUT2D eigenvalue weighted by atomic mass is 16.5. The van der Waals surface area contributed by atoms with Crippen LogP contribution in [0, 0.1) is 0 Å². The molecule has 2 heterocycles. The van der Waals surface area contributed by atoms with E-state index in [0.717, 1.165) is 32.2 Å². The van der Waals surface area contributed by atoms with Crippen LogP contribution in [0.4, 0.5) is 4.79 Å². The number of ether oxygens (including phenoxy) is 1. The predicted molar refractivity (Wildman–Crippen MR) is 77.6 cm³/mol. The van der Waals surface area contributed by atoms with Crippen molar-refractivity contribution in [1.29, 1.82) is 0 Å². The van der Waals surface area contributed by atoms with Gasteiger partial charge in [0.2, 0.25) is 0 Å². The van der Waals surface area contributed by atoms with Crippen LogP contribution in [0.2, 0.25) is 0 Å². The van der Waals surface area contributed by atoms with E-state index in [1.165, 1.54) is 5.56 Å². The van der Waals surface area contributed by atoms with Crippen LogP contribution in [0.1, 0.15) is 24.8 Å². The van der Waals surface area contributed by atoms with E-state index in [1.54, 1.807) is 0 Å². The molecule has 2 amide bonds. The summed E-state index contributed by atoms with van der Waals surface area (Å²) in [5.41, 5.74) is 1.33. The number of hydrogen-bond donors (Lipinski definition) is 1. The van der Waals surface area contributed by atoms with E-state index < -0.39 is 0 Å². The summed E-state index contributed by atoms with van der Waals surface area (Å²) in [6.07, 6.45) is 4.16. The van der Waals surface area contributed by atoms with E-state index in [9.17, 15) is 4.79 Å². The molecule has 20 heavy (non-hydrogen) atoms. The number of fused-ring (bicyclic) bond motifs is 2. The number of aryl methyl sites for hydroxylation is 1. The lowest BCUT2D eigenvalue weighted by atomic mass is 10.1. The lowest BCUT2D eigenvalue weighted by Gasteiger charge is -2.34. The molecule has 2 bridgehead atoms. The highest BCUT2D eigenvalue weighted by molar-refractivity contribution is 5.75. The Labute approximate surface area is 120 Å². The molecule has 0 saturated carbocycles. The molecule has 2 fully saturated rings. The topological polar surface area (TPSA) is 41.6 Å². The molecule has 0 aliphatic carbocycles. The normalized spacial score (nSPS) is 24.7. The van der Waals surface area contributed by atoms with Gasteiger partial charge in [0, 0.05) is 6.54 Å². The Bertz CT molecular complexity index is 433. The maximum absolute atomic E-state index is 12.2. The molecule has 2 saturated heterocycles. The summed E-state index contributed by atoms with van der Waals surface area (Å²) in [5, 5.41) is 3.05. The molecule has 1 N–H and O–H groups in total. The van der Waals surface area contributed by atoms with Crippen LogP contribution in [-0.4, -0.2) is 42.8 Å². The Hall–Kier alpha value is -1.55. The van der Waals surface area contributed by atoms with Crippen LogP contribution in [0.5, 0.6) is 0 Å². The van der Waals surface area contributed by atoms with Crippen molar-refractivity contribution in [2.45, 2.75) is 37.8 Å². The second-order valence-corrected chi connectivity index (χ2v) is 5.65. The first kappa shape index (κ1) is 13.4. The minimum absolute atomic E-state index is 0.0915. The van der Waals surface area contributed by atoms with Gasteiger partial charge in [-0.3, -0.25) is 0 Å². The van der Waals surface area contributed by atoms with E-state index in [0.29, 0.717) is 25.3 Å². The Morgan fingerprint density at radius 2 is 1.90 bits per heavy atom. The van der Waals surface area contributed by atoms with Gasteiger partial charge in [0.15, 0.2) is 0 Å². The average molecular weight is 274 g/mol. The molecule has 1 aromatic carbocycles. The lowest BCUT2D eigenvalue weighted by molar-refractivity contribution is 0.00642. The fourth-order valence-electron chi connectivity index (χ4n) is 3.18. The number of nitrogens with zero attached hydrogens (tertiary/aromatic N) is 1. The maximum Gasteiger partial charge on any atom is 0.318 e. The third kappa shape index (κ3) is 2.96. The molecule has 2 atom stereocenters. The van der Waals surface area contributed by atoms with E-state index in [2.05, 4.69) is 29.6 Å². The van der Waals surface area contributed by atoms with Crippen molar-refractivity contribution in [3.8, 4) is 0 Å². The molecule has 4 nitrogen and oxygen atoms in total. The zero-order valence-electron chi connectivity index (χ0n) is 11.8. The molecule has 1 aromatic rings. The molecular weight excluding hydrogens is 252 g/mol. The number of rotatable bonds is 4. The third-order valence-electron chi connectivity index (χ3n) is 4.24. The van der Waals surface area contributed by atoms with Crippen molar-refractivity contribution >= 4 is 6.03 Å². The number of amides is 2. The number of benzene rings is 1. The molecule has 2 aliphatic heterocycles. The molecule has 4 heteroatoms. The van der Waals surface area contributed by atoms with Crippen LogP contribution in [-0.2, 0) is 11.2 Å². The van der Waals surface area contributed by atoms with E-state index in [1.807, 2.05) is 11.0 Å². The van der Waals surface area contributed by atoms with Gasteiger partial charge < -0.3 is 15.0 Å². The summed E-state index contributed by atoms with van der Waals surface area (Å²) in [6, 6.07) is 11.1. The number of carbonyl (C=O) groups excluding carboxylic acids is 1. The molecule has 0 radical (unpaired) electrons. The van der Waals surface area contributed by atoms with E-state index in [-0.39, 0.29) is 6.03 Å². The maximum atomic E-state index is 12.2. The van der Waals surface area contributed by atoms with Gasteiger partial charge in [-0.25, -0.2) is 4.79 Å². The van der Waals surface area contributed by atoms with Crippen molar-refractivity contribution < 1.29 is 9.53 Å². The highest BCUT2D eigenvalue weighted by Crippen LogP contribution is 2.28. The number of nitrogens with one attached hydrogen (secondary N) is 1. The SMILES string of the molecule is O=C(NCCCc1ccccc1)N1C2CCC1COC2. The first-order valence-electron chi connectivity index (χ1n) is 7.52. The minimum atomic E-state index is 0.0915. The molecule has 2 unspecified atom stereocenters. The minimum Gasteiger partial charge on any atom is -0.377 e. The van der Waals surface area contributed by atoms with Crippen molar-refractivity contribution in [2.75, 3.05) is 19.8 Å². The lowest BCUT2D eigenvalue weighted by Crippen LogP contribution is -2.53. The number of urea groups is 1. The second-order valence-electron chi connectivity index (χ2n) is 5.65. The first-order chi connectivity index (χ1) is 9.84. The monoisotopic (exact) mass is 274 g/mol. The number of carbonyl (C=O) groups is 1. The number of morpholine rings is 1. The Kier molecular flexibility index (Phi) is 4.21. The second kappa shape index (κ2) is 6.27. The fraction of sp³-hybridized carbons (Fsp3) is 0.562. The van der Waals surface area contributed by atoms with Gasteiger partial charge >= 0.3 is 6.03 Å². The molecular formula is C16H22N2O2. The van der Waals surface area contributed by atoms with Gasteiger partial charge in [-0.05, 0) is 31.2 Å².